The Hall–Kier alpha value is -2.59. The summed E-state index contributed by atoms with van der Waals surface area (Å²) in [6.07, 6.45) is -4.67. The van der Waals surface area contributed by atoms with Crippen molar-refractivity contribution in [1.29, 1.82) is 0 Å². The Kier molecular flexibility index (Phi) is 5.35. The highest BCUT2D eigenvalue weighted by atomic mass is 32.2. The number of ether oxygens (including phenoxy) is 1. The van der Waals surface area contributed by atoms with Crippen LogP contribution < -0.4 is 10.1 Å². The second kappa shape index (κ2) is 7.44. The summed E-state index contributed by atoms with van der Waals surface area (Å²) >= 11 is 0. The van der Waals surface area contributed by atoms with E-state index < -0.39 is 34.1 Å². The first-order valence-electron chi connectivity index (χ1n) is 8.28. The summed E-state index contributed by atoms with van der Waals surface area (Å²) < 4.78 is 67.9. The molecular formula is C18H17F3N2O4S. The number of amides is 1. The van der Waals surface area contributed by atoms with E-state index in [9.17, 15) is 26.4 Å². The Morgan fingerprint density at radius 1 is 1.11 bits per heavy atom. The van der Waals surface area contributed by atoms with Gasteiger partial charge in [0.25, 0.3) is 0 Å². The number of rotatable bonds is 4. The van der Waals surface area contributed by atoms with E-state index >= 15 is 0 Å². The predicted octanol–water partition coefficient (Wildman–Crippen LogP) is 2.45. The second-order valence-corrected chi connectivity index (χ2v) is 8.06. The van der Waals surface area contributed by atoms with Crippen LogP contribution in [-0.4, -0.2) is 38.1 Å². The van der Waals surface area contributed by atoms with Crippen molar-refractivity contribution in [3.8, 4) is 5.75 Å². The lowest BCUT2D eigenvalue weighted by atomic mass is 9.95. The van der Waals surface area contributed by atoms with E-state index in [0.717, 1.165) is 39.7 Å². The maximum absolute atomic E-state index is 13.1. The van der Waals surface area contributed by atoms with Gasteiger partial charge in [-0.3, -0.25) is 4.79 Å². The zero-order valence-corrected chi connectivity index (χ0v) is 15.5. The van der Waals surface area contributed by atoms with Gasteiger partial charge in [-0.05, 0) is 41.8 Å². The number of hydrogen-bond donors (Lipinski definition) is 1. The molecule has 0 saturated heterocycles. The fraction of sp³-hybridized carbons (Fsp3) is 0.278. The van der Waals surface area contributed by atoms with E-state index in [2.05, 4.69) is 10.1 Å². The third-order valence-corrected chi connectivity index (χ3v) is 6.29. The summed E-state index contributed by atoms with van der Waals surface area (Å²) in [5, 5.41) is 2.46. The zero-order chi connectivity index (χ0) is 20.5. The third kappa shape index (κ3) is 4.12. The molecule has 10 heteroatoms. The van der Waals surface area contributed by atoms with Gasteiger partial charge >= 0.3 is 6.36 Å². The highest BCUT2D eigenvalue weighted by Gasteiger charge is 2.39. The van der Waals surface area contributed by atoms with E-state index in [1.54, 1.807) is 12.1 Å². The molecule has 1 heterocycles. The van der Waals surface area contributed by atoms with Crippen molar-refractivity contribution in [3.05, 3.63) is 59.7 Å². The molecule has 28 heavy (non-hydrogen) atoms. The number of benzene rings is 2. The SMILES string of the molecule is CNC(=O)C1Cc2ccccc2CN1S(=O)(=O)c1ccc(OC(F)(F)F)cc1. The highest BCUT2D eigenvalue weighted by molar-refractivity contribution is 7.89. The van der Waals surface area contributed by atoms with E-state index in [0.29, 0.717) is 0 Å². The van der Waals surface area contributed by atoms with Crippen LogP contribution in [0.25, 0.3) is 0 Å². The van der Waals surface area contributed by atoms with Gasteiger partial charge in [-0.25, -0.2) is 8.42 Å². The van der Waals surface area contributed by atoms with Crippen molar-refractivity contribution in [2.24, 2.45) is 0 Å². The Morgan fingerprint density at radius 2 is 1.71 bits per heavy atom. The van der Waals surface area contributed by atoms with Gasteiger partial charge in [0, 0.05) is 13.6 Å². The summed E-state index contributed by atoms with van der Waals surface area (Å²) in [5.74, 6) is -0.992. The molecule has 2 aromatic carbocycles. The monoisotopic (exact) mass is 414 g/mol. The molecule has 1 N–H and O–H groups in total. The Balaban J connectivity index is 1.95. The van der Waals surface area contributed by atoms with E-state index in [1.807, 2.05) is 12.1 Å². The number of nitrogens with zero attached hydrogens (tertiary/aromatic N) is 1. The van der Waals surface area contributed by atoms with Crippen LogP contribution in [0.5, 0.6) is 5.75 Å². The number of hydrogen-bond acceptors (Lipinski definition) is 4. The molecule has 0 aliphatic carbocycles. The van der Waals surface area contributed by atoms with Gasteiger partial charge in [-0.2, -0.15) is 4.31 Å². The first kappa shape index (κ1) is 20.2. The molecule has 0 spiro atoms. The average molecular weight is 414 g/mol. The summed E-state index contributed by atoms with van der Waals surface area (Å²) in [4.78, 5) is 12.1. The molecule has 0 saturated carbocycles. The number of alkyl halides is 3. The minimum absolute atomic E-state index is 0.0165. The minimum Gasteiger partial charge on any atom is -0.406 e. The van der Waals surface area contributed by atoms with E-state index in [-0.39, 0.29) is 17.9 Å². The lowest BCUT2D eigenvalue weighted by molar-refractivity contribution is -0.274. The van der Waals surface area contributed by atoms with Crippen molar-refractivity contribution in [3.63, 3.8) is 0 Å². The van der Waals surface area contributed by atoms with Gasteiger partial charge in [0.05, 0.1) is 4.90 Å². The van der Waals surface area contributed by atoms with Crippen molar-refractivity contribution >= 4 is 15.9 Å². The summed E-state index contributed by atoms with van der Waals surface area (Å²) in [5.41, 5.74) is 1.64. The van der Waals surface area contributed by atoms with Gasteiger partial charge in [0.2, 0.25) is 15.9 Å². The second-order valence-electron chi connectivity index (χ2n) is 6.17. The third-order valence-electron chi connectivity index (χ3n) is 4.42. The van der Waals surface area contributed by atoms with Crippen LogP contribution in [-0.2, 0) is 27.8 Å². The van der Waals surface area contributed by atoms with E-state index in [1.165, 1.54) is 7.05 Å². The van der Waals surface area contributed by atoms with Crippen molar-refractivity contribution in [2.45, 2.75) is 30.3 Å². The molecule has 1 amide bonds. The average Bonchev–Trinajstić information content (AvgIpc) is 2.65. The first-order valence-corrected chi connectivity index (χ1v) is 9.72. The number of carbonyl (C=O) groups is 1. The fourth-order valence-corrected chi connectivity index (χ4v) is 4.66. The normalized spacial score (nSPS) is 17.6. The number of likely N-dealkylation sites (N-methyl/N-ethyl adjacent to an activating group) is 1. The molecule has 0 fully saturated rings. The molecule has 150 valence electrons. The van der Waals surface area contributed by atoms with Gasteiger partial charge in [-0.15, -0.1) is 13.2 Å². The van der Waals surface area contributed by atoms with Crippen LogP contribution in [0.2, 0.25) is 0 Å². The number of carbonyl (C=O) groups excluding carboxylic acids is 1. The summed E-state index contributed by atoms with van der Waals surface area (Å²) in [6.45, 7) is -0.0165. The van der Waals surface area contributed by atoms with Gasteiger partial charge < -0.3 is 10.1 Å². The molecule has 1 aliphatic rings. The van der Waals surface area contributed by atoms with Crippen LogP contribution in [0.15, 0.2) is 53.4 Å². The number of sulfonamides is 1. The van der Waals surface area contributed by atoms with Crippen LogP contribution in [0.3, 0.4) is 0 Å². The topological polar surface area (TPSA) is 75.7 Å². The predicted molar refractivity (Wildman–Crippen MR) is 93.9 cm³/mol. The van der Waals surface area contributed by atoms with Crippen LogP contribution >= 0.6 is 0 Å². The van der Waals surface area contributed by atoms with Crippen LogP contribution in [0.1, 0.15) is 11.1 Å². The first-order chi connectivity index (χ1) is 13.1. The molecule has 2 aromatic rings. The molecule has 6 nitrogen and oxygen atoms in total. The lowest BCUT2D eigenvalue weighted by Crippen LogP contribution is -2.51. The van der Waals surface area contributed by atoms with Crippen molar-refractivity contribution < 1.29 is 31.1 Å². The van der Waals surface area contributed by atoms with Gasteiger partial charge in [-0.1, -0.05) is 24.3 Å². The van der Waals surface area contributed by atoms with Crippen molar-refractivity contribution in [1.82, 2.24) is 9.62 Å². The summed E-state index contributed by atoms with van der Waals surface area (Å²) in [7, 11) is -2.72. The van der Waals surface area contributed by atoms with Gasteiger partial charge in [0.1, 0.15) is 11.8 Å². The standard InChI is InChI=1S/C18H17F3N2O4S/c1-22-17(24)16-10-12-4-2-3-5-13(12)11-23(16)28(25,26)15-8-6-14(7-9-15)27-18(19,20)21/h2-9,16H,10-11H2,1H3,(H,22,24). The summed E-state index contributed by atoms with van der Waals surface area (Å²) in [6, 6.07) is 10.1. The highest BCUT2D eigenvalue weighted by Crippen LogP contribution is 2.30. The molecule has 3 rings (SSSR count). The molecule has 0 radical (unpaired) electrons. The maximum Gasteiger partial charge on any atom is 0.573 e. The molecule has 1 unspecified atom stereocenters. The molecule has 1 aliphatic heterocycles. The number of fused-ring (bicyclic) bond motifs is 1. The zero-order valence-electron chi connectivity index (χ0n) is 14.7. The largest absolute Gasteiger partial charge is 0.573 e. The minimum atomic E-state index is -4.87. The fourth-order valence-electron chi connectivity index (χ4n) is 3.09. The Morgan fingerprint density at radius 3 is 2.29 bits per heavy atom. The smallest absolute Gasteiger partial charge is 0.406 e. The molecule has 0 bridgehead atoms. The molecular weight excluding hydrogens is 397 g/mol. The Labute approximate surface area is 160 Å². The van der Waals surface area contributed by atoms with Gasteiger partial charge in [0.15, 0.2) is 0 Å². The van der Waals surface area contributed by atoms with E-state index in [4.69, 9.17) is 0 Å². The molecule has 1 atom stereocenters. The van der Waals surface area contributed by atoms with Crippen LogP contribution in [0.4, 0.5) is 13.2 Å². The maximum atomic E-state index is 13.1. The number of nitrogens with one attached hydrogen (secondary N) is 1. The Bertz CT molecular complexity index is 975. The number of halogens is 3. The lowest BCUT2D eigenvalue weighted by Gasteiger charge is -2.34. The van der Waals surface area contributed by atoms with Crippen molar-refractivity contribution in [2.75, 3.05) is 7.05 Å². The molecule has 0 aromatic heterocycles. The van der Waals surface area contributed by atoms with Crippen LogP contribution in [0, 0.1) is 0 Å². The quantitative estimate of drug-likeness (QED) is 0.834.